The molecule has 0 radical (unpaired) electrons. The molecule has 0 unspecified atom stereocenters. The van der Waals surface area contributed by atoms with Crippen molar-refractivity contribution in [2.75, 3.05) is 5.32 Å². The predicted octanol–water partition coefficient (Wildman–Crippen LogP) is 3.78. The number of amides is 2. The minimum Gasteiger partial charge on any atom is -0.370 e. The standard InChI is InChI=1S/C25H20F3N5O2/c1-14-10-18(15(2)31-21(14)32-22(34)17-6-4-3-5-7-17)9-8-16-11-19(23(35)33-24(29)30)13-20(12-16)25(26,27)28/h3-7,10-13H,1-2H3,(H,31,32,34)(H4,29,30,33,35). The van der Waals surface area contributed by atoms with Crippen molar-refractivity contribution in [2.24, 2.45) is 16.5 Å². The van der Waals surface area contributed by atoms with Crippen molar-refractivity contribution in [3.8, 4) is 11.8 Å². The van der Waals surface area contributed by atoms with Crippen molar-refractivity contribution in [3.05, 3.63) is 93.7 Å². The molecule has 178 valence electrons. The number of carbonyl (C=O) groups excluding carboxylic acids is 2. The Kier molecular flexibility index (Phi) is 7.20. The highest BCUT2D eigenvalue weighted by Gasteiger charge is 2.31. The summed E-state index contributed by atoms with van der Waals surface area (Å²) in [7, 11) is 0. The molecular weight excluding hydrogens is 459 g/mol. The third kappa shape index (κ3) is 6.45. The molecule has 1 aromatic heterocycles. The Morgan fingerprint density at radius 2 is 1.66 bits per heavy atom. The minimum atomic E-state index is -4.71. The number of aliphatic imine (C=N–C) groups is 1. The maximum Gasteiger partial charge on any atom is 0.416 e. The molecule has 0 aliphatic carbocycles. The lowest BCUT2D eigenvalue weighted by atomic mass is 10.0. The van der Waals surface area contributed by atoms with Crippen molar-refractivity contribution in [1.82, 2.24) is 4.98 Å². The van der Waals surface area contributed by atoms with Gasteiger partial charge in [-0.3, -0.25) is 9.59 Å². The molecule has 0 aliphatic heterocycles. The molecule has 0 atom stereocenters. The van der Waals surface area contributed by atoms with Crippen LogP contribution in [-0.2, 0) is 6.18 Å². The van der Waals surface area contributed by atoms with Crippen LogP contribution in [-0.4, -0.2) is 22.8 Å². The fourth-order valence-electron chi connectivity index (χ4n) is 3.04. The quantitative estimate of drug-likeness (QED) is 0.300. The number of anilines is 1. The van der Waals surface area contributed by atoms with Crippen molar-refractivity contribution in [3.63, 3.8) is 0 Å². The highest BCUT2D eigenvalue weighted by molar-refractivity contribution is 6.04. The van der Waals surface area contributed by atoms with Crippen molar-refractivity contribution >= 4 is 23.6 Å². The highest BCUT2D eigenvalue weighted by Crippen LogP contribution is 2.31. The van der Waals surface area contributed by atoms with Crippen LogP contribution in [0.25, 0.3) is 0 Å². The Morgan fingerprint density at radius 1 is 0.971 bits per heavy atom. The van der Waals surface area contributed by atoms with Crippen LogP contribution in [0.3, 0.4) is 0 Å². The van der Waals surface area contributed by atoms with E-state index in [1.165, 1.54) is 6.07 Å². The van der Waals surface area contributed by atoms with Gasteiger partial charge in [0.1, 0.15) is 5.82 Å². The number of nitrogens with two attached hydrogens (primary N) is 2. The van der Waals surface area contributed by atoms with Crippen LogP contribution in [0, 0.1) is 25.7 Å². The normalized spacial score (nSPS) is 10.7. The third-order valence-corrected chi connectivity index (χ3v) is 4.75. The molecule has 1 heterocycles. The van der Waals surface area contributed by atoms with Crippen LogP contribution in [0.4, 0.5) is 19.0 Å². The van der Waals surface area contributed by atoms with Gasteiger partial charge in [0.15, 0.2) is 5.96 Å². The Bertz CT molecular complexity index is 1380. The lowest BCUT2D eigenvalue weighted by Gasteiger charge is -2.10. The predicted molar refractivity (Wildman–Crippen MR) is 126 cm³/mol. The van der Waals surface area contributed by atoms with E-state index >= 15 is 0 Å². The second-order valence-electron chi connectivity index (χ2n) is 7.50. The first-order chi connectivity index (χ1) is 16.4. The van der Waals surface area contributed by atoms with Gasteiger partial charge in [0.25, 0.3) is 11.8 Å². The van der Waals surface area contributed by atoms with Gasteiger partial charge >= 0.3 is 6.18 Å². The van der Waals surface area contributed by atoms with E-state index in [9.17, 15) is 22.8 Å². The summed E-state index contributed by atoms with van der Waals surface area (Å²) < 4.78 is 40.0. The molecule has 3 rings (SSSR count). The van der Waals surface area contributed by atoms with Gasteiger partial charge in [-0.15, -0.1) is 0 Å². The molecule has 2 amide bonds. The first kappa shape index (κ1) is 25.0. The first-order valence-electron chi connectivity index (χ1n) is 10.2. The second-order valence-corrected chi connectivity index (χ2v) is 7.50. The molecule has 0 spiro atoms. The number of aryl methyl sites for hydroxylation is 2. The zero-order valence-corrected chi connectivity index (χ0v) is 18.7. The molecule has 5 N–H and O–H groups in total. The van der Waals surface area contributed by atoms with E-state index in [0.717, 1.165) is 6.07 Å². The third-order valence-electron chi connectivity index (χ3n) is 4.75. The van der Waals surface area contributed by atoms with Crippen molar-refractivity contribution < 1.29 is 22.8 Å². The largest absolute Gasteiger partial charge is 0.416 e. The van der Waals surface area contributed by atoms with E-state index in [1.807, 2.05) is 0 Å². The molecular formula is C25H20F3N5O2. The van der Waals surface area contributed by atoms with E-state index in [0.29, 0.717) is 34.3 Å². The molecule has 3 aromatic rings. The van der Waals surface area contributed by atoms with Crippen LogP contribution in [0.15, 0.2) is 59.6 Å². The second kappa shape index (κ2) is 10.1. The molecule has 0 aliphatic rings. The van der Waals surface area contributed by atoms with Crippen LogP contribution in [0.5, 0.6) is 0 Å². The lowest BCUT2D eigenvalue weighted by molar-refractivity contribution is -0.137. The van der Waals surface area contributed by atoms with Gasteiger partial charge in [-0.2, -0.15) is 18.2 Å². The smallest absolute Gasteiger partial charge is 0.370 e. The number of alkyl halides is 3. The van der Waals surface area contributed by atoms with E-state index in [1.54, 1.807) is 50.2 Å². The summed E-state index contributed by atoms with van der Waals surface area (Å²) in [5.41, 5.74) is 10.8. The number of guanidine groups is 1. The summed E-state index contributed by atoms with van der Waals surface area (Å²) in [5.74, 6) is 3.83. The van der Waals surface area contributed by atoms with Crippen molar-refractivity contribution in [1.29, 1.82) is 0 Å². The first-order valence-corrected chi connectivity index (χ1v) is 10.2. The topological polar surface area (TPSA) is 123 Å². The van der Waals surface area contributed by atoms with Gasteiger partial charge in [0.2, 0.25) is 0 Å². The SMILES string of the molecule is Cc1cc(C#Cc2cc(C(=O)N=C(N)N)cc(C(F)(F)F)c2)c(C)nc1NC(=O)c1ccccc1. The van der Waals surface area contributed by atoms with Crippen LogP contribution in [0.1, 0.15) is 48.7 Å². The number of hydrogen-bond acceptors (Lipinski definition) is 3. The molecule has 35 heavy (non-hydrogen) atoms. The summed E-state index contributed by atoms with van der Waals surface area (Å²) in [6.07, 6.45) is -4.71. The zero-order chi connectivity index (χ0) is 25.8. The number of hydrogen-bond donors (Lipinski definition) is 3. The van der Waals surface area contributed by atoms with E-state index in [2.05, 4.69) is 27.1 Å². The number of rotatable bonds is 3. The van der Waals surface area contributed by atoms with Gasteiger partial charge in [-0.05, 0) is 55.8 Å². The van der Waals surface area contributed by atoms with Crippen LogP contribution in [0.2, 0.25) is 0 Å². The van der Waals surface area contributed by atoms with Crippen LogP contribution < -0.4 is 16.8 Å². The number of pyridine rings is 1. The van der Waals surface area contributed by atoms with Gasteiger partial charge < -0.3 is 16.8 Å². The summed E-state index contributed by atoms with van der Waals surface area (Å²) in [5, 5.41) is 2.73. The lowest BCUT2D eigenvalue weighted by Crippen LogP contribution is -2.24. The summed E-state index contributed by atoms with van der Waals surface area (Å²) >= 11 is 0. The molecule has 0 bridgehead atoms. The molecule has 0 saturated carbocycles. The number of carbonyl (C=O) groups is 2. The number of benzene rings is 2. The number of nitrogens with zero attached hydrogens (tertiary/aromatic N) is 2. The van der Waals surface area contributed by atoms with Gasteiger partial charge in [-0.25, -0.2) is 4.98 Å². The average molecular weight is 479 g/mol. The molecule has 10 heteroatoms. The fraction of sp³-hybridized carbons (Fsp3) is 0.120. The Balaban J connectivity index is 1.95. The van der Waals surface area contributed by atoms with Crippen LogP contribution >= 0.6 is 0 Å². The Morgan fingerprint density at radius 3 is 2.29 bits per heavy atom. The van der Waals surface area contributed by atoms with E-state index in [-0.39, 0.29) is 17.0 Å². The minimum absolute atomic E-state index is 0.0625. The van der Waals surface area contributed by atoms with Gasteiger partial charge in [0.05, 0.1) is 11.3 Å². The number of halogens is 3. The maximum atomic E-state index is 13.3. The van der Waals surface area contributed by atoms with Crippen molar-refractivity contribution in [2.45, 2.75) is 20.0 Å². The number of aromatic nitrogens is 1. The summed E-state index contributed by atoms with van der Waals surface area (Å²) in [6, 6.07) is 12.9. The zero-order valence-electron chi connectivity index (χ0n) is 18.7. The summed E-state index contributed by atoms with van der Waals surface area (Å²) in [4.78, 5) is 32.2. The number of nitrogens with one attached hydrogen (secondary N) is 1. The highest BCUT2D eigenvalue weighted by atomic mass is 19.4. The molecule has 0 fully saturated rings. The maximum absolute atomic E-state index is 13.3. The van der Waals surface area contributed by atoms with Gasteiger partial charge in [-0.1, -0.05) is 30.0 Å². The monoisotopic (exact) mass is 479 g/mol. The fourth-order valence-corrected chi connectivity index (χ4v) is 3.04. The Hall–Kier alpha value is -4.65. The van der Waals surface area contributed by atoms with E-state index in [4.69, 9.17) is 11.5 Å². The average Bonchev–Trinajstić information content (AvgIpc) is 2.79. The summed E-state index contributed by atoms with van der Waals surface area (Å²) in [6.45, 7) is 3.37. The molecule has 7 nitrogen and oxygen atoms in total. The Labute approximate surface area is 199 Å². The van der Waals surface area contributed by atoms with Gasteiger partial charge in [0, 0.05) is 22.3 Å². The van der Waals surface area contributed by atoms with E-state index < -0.39 is 23.6 Å². The molecule has 2 aromatic carbocycles. The molecule has 0 saturated heterocycles.